The van der Waals surface area contributed by atoms with Gasteiger partial charge < -0.3 is 5.32 Å². The summed E-state index contributed by atoms with van der Waals surface area (Å²) in [6.45, 7) is 15.0. The van der Waals surface area contributed by atoms with Gasteiger partial charge >= 0.3 is 0 Å². The van der Waals surface area contributed by atoms with E-state index in [0.717, 1.165) is 42.9 Å². The van der Waals surface area contributed by atoms with Crippen molar-refractivity contribution in [3.63, 3.8) is 0 Å². The van der Waals surface area contributed by atoms with Crippen LogP contribution >= 0.6 is 20.6 Å². The topological polar surface area (TPSA) is 37.3 Å². The molecule has 0 spiro atoms. The molecular formula is C25H36N3PS. The minimum atomic E-state index is 0.306. The smallest absolute Gasteiger partial charge is 0.187 e. The van der Waals surface area contributed by atoms with E-state index in [1.807, 2.05) is 12.4 Å². The SMILES string of the molecule is C=C(CCCc1ccc(P)cc1)Nc1ncc(C)s1.CCC1=NC=C(C(C)(C)C)C1. The monoisotopic (exact) mass is 441 g/mol. The van der Waals surface area contributed by atoms with Crippen molar-refractivity contribution in [2.75, 3.05) is 5.32 Å². The second kappa shape index (κ2) is 11.6. The number of hydrogen-bond donors (Lipinski definition) is 1. The first kappa shape index (κ1) is 24.5. The number of anilines is 1. The summed E-state index contributed by atoms with van der Waals surface area (Å²) in [5.41, 5.74) is 5.52. The molecular weight excluding hydrogens is 405 g/mol. The zero-order valence-corrected chi connectivity index (χ0v) is 21.1. The number of benzene rings is 1. The van der Waals surface area contributed by atoms with E-state index in [-0.39, 0.29) is 0 Å². The van der Waals surface area contributed by atoms with Gasteiger partial charge in [0.15, 0.2) is 5.13 Å². The molecule has 0 amide bonds. The Labute approximate surface area is 189 Å². The van der Waals surface area contributed by atoms with Crippen molar-refractivity contribution in [2.45, 2.75) is 66.7 Å². The highest BCUT2D eigenvalue weighted by molar-refractivity contribution is 7.27. The molecule has 162 valence electrons. The van der Waals surface area contributed by atoms with Gasteiger partial charge in [0, 0.05) is 35.1 Å². The van der Waals surface area contributed by atoms with Gasteiger partial charge in [-0.05, 0) is 54.5 Å². The normalized spacial score (nSPS) is 13.3. The number of aliphatic imine (C=N–C) groups is 1. The Morgan fingerprint density at radius 3 is 2.43 bits per heavy atom. The summed E-state index contributed by atoms with van der Waals surface area (Å²) < 4.78 is 0. The van der Waals surface area contributed by atoms with E-state index in [4.69, 9.17) is 0 Å². The lowest BCUT2D eigenvalue weighted by atomic mass is 9.85. The number of hydrogen-bond acceptors (Lipinski definition) is 4. The lowest BCUT2D eigenvalue weighted by Gasteiger charge is -2.19. The van der Waals surface area contributed by atoms with Crippen LogP contribution in [0.2, 0.25) is 0 Å². The number of aryl methyl sites for hydroxylation is 2. The van der Waals surface area contributed by atoms with E-state index in [9.17, 15) is 0 Å². The van der Waals surface area contributed by atoms with Gasteiger partial charge in [-0.2, -0.15) is 0 Å². The average molecular weight is 442 g/mol. The Morgan fingerprint density at radius 1 is 1.23 bits per heavy atom. The molecule has 1 aromatic heterocycles. The zero-order valence-electron chi connectivity index (χ0n) is 19.1. The molecule has 0 aliphatic carbocycles. The minimum absolute atomic E-state index is 0.306. The van der Waals surface area contributed by atoms with Gasteiger partial charge in [-0.3, -0.25) is 4.99 Å². The fourth-order valence-corrected chi connectivity index (χ4v) is 3.88. The molecule has 1 N–H and O–H groups in total. The molecule has 0 saturated carbocycles. The fraction of sp³-hybridized carbons (Fsp3) is 0.440. The van der Waals surface area contributed by atoms with Crippen molar-refractivity contribution in [3.8, 4) is 0 Å². The van der Waals surface area contributed by atoms with Crippen LogP contribution in [0.4, 0.5) is 5.13 Å². The zero-order chi connectivity index (χ0) is 22.1. The molecule has 1 unspecified atom stereocenters. The second-order valence-electron chi connectivity index (χ2n) is 8.73. The van der Waals surface area contributed by atoms with Crippen LogP contribution in [-0.2, 0) is 6.42 Å². The van der Waals surface area contributed by atoms with E-state index in [1.54, 1.807) is 11.3 Å². The van der Waals surface area contributed by atoms with Crippen LogP contribution in [0, 0.1) is 12.3 Å². The molecule has 5 heteroatoms. The largest absolute Gasteiger partial charge is 0.336 e. The highest BCUT2D eigenvalue weighted by atomic mass is 32.1. The maximum atomic E-state index is 4.36. The van der Waals surface area contributed by atoms with Gasteiger partial charge in [0.25, 0.3) is 0 Å². The summed E-state index contributed by atoms with van der Waals surface area (Å²) in [6.07, 6.45) is 9.27. The average Bonchev–Trinajstić information content (AvgIpc) is 3.33. The molecule has 0 saturated heterocycles. The summed E-state index contributed by atoms with van der Waals surface area (Å²) >= 11 is 1.66. The molecule has 1 aliphatic heterocycles. The third kappa shape index (κ3) is 8.53. The van der Waals surface area contributed by atoms with Crippen LogP contribution in [0.5, 0.6) is 0 Å². The molecule has 1 aliphatic rings. The first-order valence-electron chi connectivity index (χ1n) is 10.6. The molecule has 2 aromatic rings. The Balaban J connectivity index is 0.000000248. The number of nitrogens with one attached hydrogen (secondary N) is 1. The Hall–Kier alpha value is -1.77. The summed E-state index contributed by atoms with van der Waals surface area (Å²) in [7, 11) is 2.71. The molecule has 0 fully saturated rings. The van der Waals surface area contributed by atoms with Gasteiger partial charge in [0.05, 0.1) is 0 Å². The van der Waals surface area contributed by atoms with Crippen LogP contribution in [0.25, 0.3) is 0 Å². The molecule has 1 aromatic carbocycles. The van der Waals surface area contributed by atoms with Crippen molar-refractivity contribution in [2.24, 2.45) is 10.4 Å². The second-order valence-corrected chi connectivity index (χ2v) is 10.6. The fourth-order valence-electron chi connectivity index (χ4n) is 2.97. The number of nitrogens with zero attached hydrogens (tertiary/aromatic N) is 2. The predicted octanol–water partition coefficient (Wildman–Crippen LogP) is 7.07. The van der Waals surface area contributed by atoms with E-state index in [1.165, 1.54) is 27.0 Å². The van der Waals surface area contributed by atoms with Crippen molar-refractivity contribution >= 4 is 36.7 Å². The van der Waals surface area contributed by atoms with E-state index >= 15 is 0 Å². The van der Waals surface area contributed by atoms with Gasteiger partial charge in [-0.15, -0.1) is 20.6 Å². The van der Waals surface area contributed by atoms with Gasteiger partial charge in [0.2, 0.25) is 0 Å². The third-order valence-corrected chi connectivity index (χ3v) is 6.21. The Morgan fingerprint density at radius 2 is 1.93 bits per heavy atom. The third-order valence-electron chi connectivity index (χ3n) is 5.00. The molecule has 0 radical (unpaired) electrons. The summed E-state index contributed by atoms with van der Waals surface area (Å²) in [5, 5.41) is 5.44. The minimum Gasteiger partial charge on any atom is -0.336 e. The highest BCUT2D eigenvalue weighted by Crippen LogP contribution is 2.31. The van der Waals surface area contributed by atoms with E-state index in [0.29, 0.717) is 5.41 Å². The van der Waals surface area contributed by atoms with Crippen molar-refractivity contribution in [3.05, 3.63) is 65.0 Å². The quantitative estimate of drug-likeness (QED) is 0.467. The van der Waals surface area contributed by atoms with E-state index < -0.39 is 0 Å². The Kier molecular flexibility index (Phi) is 9.45. The molecule has 3 nitrogen and oxygen atoms in total. The van der Waals surface area contributed by atoms with Crippen molar-refractivity contribution < 1.29 is 0 Å². The first-order valence-corrected chi connectivity index (χ1v) is 12.0. The van der Waals surface area contributed by atoms with Crippen LogP contribution in [-0.4, -0.2) is 10.7 Å². The molecule has 0 bridgehead atoms. The van der Waals surface area contributed by atoms with Crippen LogP contribution < -0.4 is 10.6 Å². The number of thiazole rings is 1. The first-order chi connectivity index (χ1) is 14.2. The number of allylic oxidation sites excluding steroid dienone is 2. The molecule has 1 atom stereocenters. The van der Waals surface area contributed by atoms with Gasteiger partial charge in [-0.1, -0.05) is 58.5 Å². The highest BCUT2D eigenvalue weighted by Gasteiger charge is 2.20. The Bertz CT molecular complexity index is 886. The molecule has 2 heterocycles. The molecule has 30 heavy (non-hydrogen) atoms. The predicted molar refractivity (Wildman–Crippen MR) is 138 cm³/mol. The maximum Gasteiger partial charge on any atom is 0.187 e. The standard InChI is InChI=1S/C15H19N2PS.C10H17N/c1-11(17-15-16-10-12(2)19-15)4-3-5-13-6-8-14(18)9-7-13;1-5-9-6-8(7-11-9)10(2,3)4/h6-10H,1,3-5,18H2,2H3,(H,16,17);7H,5-6H2,1-4H3. The van der Waals surface area contributed by atoms with Crippen LogP contribution in [0.3, 0.4) is 0 Å². The maximum absolute atomic E-state index is 4.36. The lowest BCUT2D eigenvalue weighted by Crippen LogP contribution is -2.09. The van der Waals surface area contributed by atoms with Crippen LogP contribution in [0.15, 0.2) is 59.5 Å². The lowest BCUT2D eigenvalue weighted by molar-refractivity contribution is 0.498. The summed E-state index contributed by atoms with van der Waals surface area (Å²) in [5.74, 6) is 0. The molecule has 3 rings (SSSR count). The summed E-state index contributed by atoms with van der Waals surface area (Å²) in [4.78, 5) is 9.85. The van der Waals surface area contributed by atoms with Gasteiger partial charge in [0.1, 0.15) is 0 Å². The van der Waals surface area contributed by atoms with Crippen molar-refractivity contribution in [1.82, 2.24) is 4.98 Å². The number of aromatic nitrogens is 1. The van der Waals surface area contributed by atoms with Crippen LogP contribution in [0.1, 0.15) is 63.8 Å². The van der Waals surface area contributed by atoms with E-state index in [2.05, 4.69) is 90.0 Å². The number of rotatable bonds is 7. The van der Waals surface area contributed by atoms with Crippen molar-refractivity contribution in [1.29, 1.82) is 0 Å². The summed E-state index contributed by atoms with van der Waals surface area (Å²) in [6, 6.07) is 8.63. The van der Waals surface area contributed by atoms with Gasteiger partial charge in [-0.25, -0.2) is 4.98 Å².